The number of likely N-dealkylation sites (N-methyl/N-ethyl adjacent to an activating group) is 1. The number of aromatic nitrogens is 1. The van der Waals surface area contributed by atoms with Crippen LogP contribution in [0.25, 0.3) is 17.0 Å². The molecule has 1 amide bonds. The van der Waals surface area contributed by atoms with Gasteiger partial charge in [0, 0.05) is 55.2 Å². The van der Waals surface area contributed by atoms with Gasteiger partial charge in [0.15, 0.2) is 18.2 Å². The van der Waals surface area contributed by atoms with E-state index in [1.807, 2.05) is 75.3 Å². The number of benzene rings is 1. The Morgan fingerprint density at radius 1 is 1.02 bits per heavy atom. The fourth-order valence-corrected chi connectivity index (χ4v) is 8.37. The second-order valence-electron chi connectivity index (χ2n) is 16.8. The molecule has 3 aliphatic rings. The zero-order valence-electron chi connectivity index (χ0n) is 34.9. The van der Waals surface area contributed by atoms with Crippen molar-refractivity contribution in [1.29, 1.82) is 0 Å². The van der Waals surface area contributed by atoms with Gasteiger partial charge < -0.3 is 43.9 Å². The standard InChI is InChI=1S/C42H59FN4O10/c1-22-20-41(6,53-16-12-13-27-18-28-19-29(46(8)9)14-15-30(28)44-21-27)37(57-38-34(49)31(47(10)11)17-23(2)54-38)25(4)36(50)42(7,43)39(51)55-26(5)35-32(24(3)33(22)48)45-40(52)56-35/h12-15,18-19,21-26,31-32,34-35,37-38,49H,16-17,20H2,1-11H3,(H,45,52)/b13-12+/t22-,23-,24+,25+,26-,31+,32?,34-,35?,37-,38+,41+,42?/m1/s1. The van der Waals surface area contributed by atoms with E-state index in [0.29, 0.717) is 6.42 Å². The predicted molar refractivity (Wildman–Crippen MR) is 211 cm³/mol. The average Bonchev–Trinajstić information content (AvgIpc) is 3.56. The number of rotatable bonds is 8. The molecule has 5 rings (SSSR count). The van der Waals surface area contributed by atoms with E-state index in [9.17, 15) is 24.3 Å². The Labute approximate surface area is 334 Å². The number of amides is 1. The first-order valence-corrected chi connectivity index (χ1v) is 19.6. The number of esters is 1. The number of nitrogens with one attached hydrogen (secondary N) is 1. The number of ether oxygens (including phenoxy) is 5. The number of carbonyl (C=O) groups is 4. The van der Waals surface area contributed by atoms with Crippen molar-refractivity contribution in [3.8, 4) is 0 Å². The molecule has 2 N–H and O–H groups in total. The Balaban J connectivity index is 1.55. The number of anilines is 1. The number of hydrogen-bond donors (Lipinski definition) is 2. The average molecular weight is 799 g/mol. The normalized spacial score (nSPS) is 37.1. The fraction of sp³-hybridized carbons (Fsp3) is 0.643. The lowest BCUT2D eigenvalue weighted by Crippen LogP contribution is -2.60. The van der Waals surface area contributed by atoms with Gasteiger partial charge in [-0.3, -0.25) is 14.6 Å². The minimum Gasteiger partial charge on any atom is -0.456 e. The molecule has 13 atom stereocenters. The largest absolute Gasteiger partial charge is 0.456 e. The van der Waals surface area contributed by atoms with Crippen LogP contribution in [0.5, 0.6) is 0 Å². The number of ketones is 2. The molecule has 3 fully saturated rings. The van der Waals surface area contributed by atoms with Gasteiger partial charge in [-0.25, -0.2) is 14.0 Å². The SMILES string of the molecule is C[C@@H]1C[C@H](N(C)C)[C@@H](O)[C@H](O[C@@H]2[C@@H](C)C(=O)C(C)(F)C(=O)O[C@H](C)C3OC(=O)NC3[C@H](C)C(=O)[C@H](C)C[C@]2(C)OC/C=C/c2cnc3ccc(N(C)C)cc3c2)O1. The number of aliphatic hydroxyl groups excluding tert-OH is 1. The number of nitrogens with zero attached hydrogens (tertiary/aromatic N) is 3. The van der Waals surface area contributed by atoms with Gasteiger partial charge in [-0.15, -0.1) is 0 Å². The van der Waals surface area contributed by atoms with E-state index in [1.165, 1.54) is 13.8 Å². The number of Topliss-reactive ketones (excluding diaryl/α,β-unsaturated/α-hetero) is 2. The van der Waals surface area contributed by atoms with Crippen LogP contribution in [0.3, 0.4) is 0 Å². The predicted octanol–water partition coefficient (Wildman–Crippen LogP) is 4.49. The van der Waals surface area contributed by atoms with Crippen LogP contribution in [0, 0.1) is 17.8 Å². The summed E-state index contributed by atoms with van der Waals surface area (Å²) < 4.78 is 46.9. The molecule has 1 aromatic heterocycles. The van der Waals surface area contributed by atoms with Crippen LogP contribution in [0.4, 0.5) is 14.9 Å². The number of alkyl halides is 1. The van der Waals surface area contributed by atoms with Crippen molar-refractivity contribution >= 4 is 46.3 Å². The number of pyridine rings is 1. The van der Waals surface area contributed by atoms with Crippen LogP contribution in [0.1, 0.15) is 66.9 Å². The number of hydrogen-bond acceptors (Lipinski definition) is 13. The van der Waals surface area contributed by atoms with Gasteiger partial charge in [0.1, 0.15) is 18.0 Å². The third-order valence-corrected chi connectivity index (χ3v) is 11.7. The molecule has 0 aliphatic carbocycles. The van der Waals surface area contributed by atoms with Crippen molar-refractivity contribution in [3.05, 3.63) is 42.1 Å². The Morgan fingerprint density at radius 3 is 2.39 bits per heavy atom. The topological polar surface area (TPSA) is 166 Å². The summed E-state index contributed by atoms with van der Waals surface area (Å²) in [6.45, 7) is 10.5. The molecule has 15 heteroatoms. The third-order valence-electron chi connectivity index (χ3n) is 11.7. The number of alkyl carbamates (subject to hydrolysis) is 1. The van der Waals surface area contributed by atoms with E-state index in [1.54, 1.807) is 33.0 Å². The van der Waals surface area contributed by atoms with Crippen LogP contribution < -0.4 is 10.2 Å². The molecule has 0 spiro atoms. The maximum atomic E-state index is 16.7. The summed E-state index contributed by atoms with van der Waals surface area (Å²) in [4.78, 5) is 62.9. The maximum absolute atomic E-state index is 16.7. The zero-order chi connectivity index (χ0) is 42.1. The minimum atomic E-state index is -3.18. The van der Waals surface area contributed by atoms with Crippen molar-refractivity contribution in [2.75, 3.05) is 39.7 Å². The van der Waals surface area contributed by atoms with Crippen LogP contribution in [0.2, 0.25) is 0 Å². The molecule has 0 saturated carbocycles. The molecule has 14 nitrogen and oxygen atoms in total. The van der Waals surface area contributed by atoms with Gasteiger partial charge >= 0.3 is 12.1 Å². The molecule has 3 aliphatic heterocycles. The summed E-state index contributed by atoms with van der Waals surface area (Å²) in [5.74, 6) is -5.92. The van der Waals surface area contributed by atoms with E-state index in [2.05, 4.69) is 10.3 Å². The molecule has 2 aromatic rings. The zero-order valence-corrected chi connectivity index (χ0v) is 34.9. The molecule has 3 unspecified atom stereocenters. The highest BCUT2D eigenvalue weighted by Gasteiger charge is 2.55. The van der Waals surface area contributed by atoms with Gasteiger partial charge in [0.2, 0.25) is 0 Å². The highest BCUT2D eigenvalue weighted by molar-refractivity contribution is 6.08. The Bertz CT molecular complexity index is 1840. The highest BCUT2D eigenvalue weighted by atomic mass is 19.1. The van der Waals surface area contributed by atoms with E-state index < -0.39 is 83.6 Å². The van der Waals surface area contributed by atoms with Crippen LogP contribution in [0.15, 0.2) is 36.5 Å². The molecule has 1 aromatic carbocycles. The van der Waals surface area contributed by atoms with E-state index in [0.717, 1.165) is 29.1 Å². The lowest BCUT2D eigenvalue weighted by Gasteiger charge is -2.47. The van der Waals surface area contributed by atoms with Gasteiger partial charge in [-0.1, -0.05) is 32.9 Å². The molecular weight excluding hydrogens is 739 g/mol. The van der Waals surface area contributed by atoms with Crippen LogP contribution in [-0.4, -0.2) is 134 Å². The number of carbonyl (C=O) groups excluding carboxylic acids is 4. The summed E-state index contributed by atoms with van der Waals surface area (Å²) >= 11 is 0. The Morgan fingerprint density at radius 2 is 1.72 bits per heavy atom. The van der Waals surface area contributed by atoms with Gasteiger partial charge in [-0.2, -0.15) is 0 Å². The summed E-state index contributed by atoms with van der Waals surface area (Å²) in [6, 6.07) is 6.67. The molecular formula is C42H59FN4O10. The van der Waals surface area contributed by atoms with E-state index in [-0.39, 0.29) is 31.0 Å². The monoisotopic (exact) mass is 798 g/mol. The summed E-state index contributed by atoms with van der Waals surface area (Å²) in [5.41, 5.74) is -2.07. The molecule has 3 saturated heterocycles. The van der Waals surface area contributed by atoms with Crippen molar-refractivity contribution in [2.24, 2.45) is 17.8 Å². The van der Waals surface area contributed by atoms with Crippen molar-refractivity contribution < 1.29 is 52.4 Å². The highest BCUT2D eigenvalue weighted by Crippen LogP contribution is 2.39. The lowest BCUT2D eigenvalue weighted by molar-refractivity contribution is -0.297. The third kappa shape index (κ3) is 9.49. The number of aliphatic hydroxyl groups is 1. The number of halogens is 1. The molecule has 57 heavy (non-hydrogen) atoms. The number of fused-ring (bicyclic) bond motifs is 2. The van der Waals surface area contributed by atoms with Gasteiger partial charge in [-0.05, 0) is 84.5 Å². The first kappa shape index (κ1) is 44.1. The molecule has 0 bridgehead atoms. The fourth-order valence-electron chi connectivity index (χ4n) is 8.37. The summed E-state index contributed by atoms with van der Waals surface area (Å²) in [7, 11) is 7.56. The molecule has 0 radical (unpaired) electrons. The van der Waals surface area contributed by atoms with Crippen molar-refractivity contribution in [3.63, 3.8) is 0 Å². The smallest absolute Gasteiger partial charge is 0.407 e. The lowest BCUT2D eigenvalue weighted by atomic mass is 9.75. The molecule has 314 valence electrons. The van der Waals surface area contributed by atoms with Gasteiger partial charge in [0.05, 0.1) is 36.0 Å². The van der Waals surface area contributed by atoms with Crippen molar-refractivity contribution in [1.82, 2.24) is 15.2 Å². The molecule has 4 heterocycles. The Kier molecular flexibility index (Phi) is 13.5. The second-order valence-corrected chi connectivity index (χ2v) is 16.8. The van der Waals surface area contributed by atoms with E-state index in [4.69, 9.17) is 23.7 Å². The second kappa shape index (κ2) is 17.5. The van der Waals surface area contributed by atoms with Gasteiger partial charge in [0.25, 0.3) is 5.67 Å². The number of cyclic esters (lactones) is 1. The summed E-state index contributed by atoms with van der Waals surface area (Å²) in [6.07, 6.45) is -1.58. The van der Waals surface area contributed by atoms with Crippen LogP contribution >= 0.6 is 0 Å². The minimum absolute atomic E-state index is 0.0399. The quantitative estimate of drug-likeness (QED) is 0.284. The van der Waals surface area contributed by atoms with Crippen LogP contribution in [-0.2, 0) is 38.1 Å². The Hall–Kier alpha value is -4.02. The maximum Gasteiger partial charge on any atom is 0.407 e. The van der Waals surface area contributed by atoms with E-state index >= 15 is 4.39 Å². The first-order valence-electron chi connectivity index (χ1n) is 19.6. The first-order chi connectivity index (χ1) is 26.6. The summed E-state index contributed by atoms with van der Waals surface area (Å²) in [5, 5.41) is 15.1. The van der Waals surface area contributed by atoms with Crippen molar-refractivity contribution in [2.45, 2.75) is 121 Å².